The van der Waals surface area contributed by atoms with E-state index in [0.717, 1.165) is 29.0 Å². The Kier molecular flexibility index (Phi) is 5.51. The second kappa shape index (κ2) is 7.37. The van der Waals surface area contributed by atoms with Gasteiger partial charge >= 0.3 is 0 Å². The predicted octanol–water partition coefficient (Wildman–Crippen LogP) is 5.01. The van der Waals surface area contributed by atoms with Crippen LogP contribution in [0.1, 0.15) is 30.4 Å². The van der Waals surface area contributed by atoms with Gasteiger partial charge in [-0.3, -0.25) is 0 Å². The number of alkyl halides is 1. The molecule has 0 saturated heterocycles. The fourth-order valence-electron chi connectivity index (χ4n) is 2.24. The van der Waals surface area contributed by atoms with Crippen molar-refractivity contribution in [3.8, 4) is 11.5 Å². The molecule has 2 nitrogen and oxygen atoms in total. The largest absolute Gasteiger partial charge is 0.496 e. The van der Waals surface area contributed by atoms with Crippen LogP contribution in [0, 0.1) is 0 Å². The summed E-state index contributed by atoms with van der Waals surface area (Å²) in [4.78, 5) is 0. The van der Waals surface area contributed by atoms with Gasteiger partial charge in [0.2, 0.25) is 0 Å². The zero-order valence-electron chi connectivity index (χ0n) is 12.7. The fourth-order valence-corrected chi connectivity index (χ4v) is 2.54. The molecule has 0 N–H and O–H groups in total. The van der Waals surface area contributed by atoms with Gasteiger partial charge in [-0.15, -0.1) is 11.6 Å². The van der Waals surface area contributed by atoms with Gasteiger partial charge in [-0.25, -0.2) is 0 Å². The summed E-state index contributed by atoms with van der Waals surface area (Å²) in [5.41, 5.74) is 2.16. The molecule has 0 spiro atoms. The van der Waals surface area contributed by atoms with E-state index in [9.17, 15) is 0 Å². The van der Waals surface area contributed by atoms with Crippen LogP contribution in [0.3, 0.4) is 0 Å². The van der Waals surface area contributed by atoms with Crippen LogP contribution < -0.4 is 9.47 Å². The minimum absolute atomic E-state index is 0.114. The highest BCUT2D eigenvalue weighted by Crippen LogP contribution is 2.31. The first-order chi connectivity index (χ1) is 10.1. The topological polar surface area (TPSA) is 18.5 Å². The van der Waals surface area contributed by atoms with Crippen LogP contribution in [-0.2, 0) is 6.42 Å². The highest BCUT2D eigenvalue weighted by Gasteiger charge is 2.13. The van der Waals surface area contributed by atoms with Crippen molar-refractivity contribution in [3.05, 3.63) is 59.7 Å². The third-order valence-corrected chi connectivity index (χ3v) is 3.59. The molecule has 0 fully saturated rings. The molecule has 3 heteroatoms. The summed E-state index contributed by atoms with van der Waals surface area (Å²) in [5.74, 6) is 1.73. The van der Waals surface area contributed by atoms with Gasteiger partial charge in [0, 0.05) is 0 Å². The standard InChI is InChI=1S/C18H21ClO2/c1-13(2)21-16-9-6-8-14(11-16)17(19)12-15-7-4-5-10-18(15)20-3/h4-11,13,17H,12H2,1-3H3. The minimum atomic E-state index is -0.114. The highest BCUT2D eigenvalue weighted by molar-refractivity contribution is 6.21. The van der Waals surface area contributed by atoms with Crippen molar-refractivity contribution in [2.75, 3.05) is 7.11 Å². The summed E-state index contributed by atoms with van der Waals surface area (Å²) in [5, 5.41) is -0.114. The van der Waals surface area contributed by atoms with Crippen molar-refractivity contribution in [2.45, 2.75) is 31.7 Å². The van der Waals surface area contributed by atoms with Gasteiger partial charge in [0.1, 0.15) is 11.5 Å². The average molecular weight is 305 g/mol. The number of rotatable bonds is 6. The van der Waals surface area contributed by atoms with E-state index < -0.39 is 0 Å². The molecule has 0 radical (unpaired) electrons. The van der Waals surface area contributed by atoms with Crippen LogP contribution in [0.15, 0.2) is 48.5 Å². The quantitative estimate of drug-likeness (QED) is 0.699. The summed E-state index contributed by atoms with van der Waals surface area (Å²) in [6, 6.07) is 15.9. The Bertz CT molecular complexity index is 581. The Hall–Kier alpha value is -1.67. The molecule has 0 amide bonds. The second-order valence-electron chi connectivity index (χ2n) is 5.22. The van der Waals surface area contributed by atoms with Gasteiger partial charge in [0.15, 0.2) is 0 Å². The van der Waals surface area contributed by atoms with Crippen LogP contribution in [-0.4, -0.2) is 13.2 Å². The average Bonchev–Trinajstić information content (AvgIpc) is 2.47. The molecule has 1 unspecified atom stereocenters. The van der Waals surface area contributed by atoms with Crippen LogP contribution in [0.5, 0.6) is 11.5 Å². The lowest BCUT2D eigenvalue weighted by Crippen LogP contribution is -2.06. The summed E-state index contributed by atoms with van der Waals surface area (Å²) >= 11 is 6.57. The lowest BCUT2D eigenvalue weighted by atomic mass is 10.0. The Labute approximate surface area is 131 Å². The highest BCUT2D eigenvalue weighted by atomic mass is 35.5. The lowest BCUT2D eigenvalue weighted by molar-refractivity contribution is 0.242. The van der Waals surface area contributed by atoms with Crippen LogP contribution in [0.4, 0.5) is 0 Å². The molecular weight excluding hydrogens is 284 g/mol. The maximum atomic E-state index is 6.57. The van der Waals surface area contributed by atoms with Gasteiger partial charge in [0.25, 0.3) is 0 Å². The summed E-state index contributed by atoms with van der Waals surface area (Å²) in [7, 11) is 1.68. The molecule has 0 aliphatic rings. The van der Waals surface area contributed by atoms with Gasteiger partial charge < -0.3 is 9.47 Å². The Balaban J connectivity index is 2.14. The van der Waals surface area contributed by atoms with Crippen LogP contribution in [0.25, 0.3) is 0 Å². The Morgan fingerprint density at radius 3 is 2.52 bits per heavy atom. The summed E-state index contributed by atoms with van der Waals surface area (Å²) in [6.07, 6.45) is 0.875. The first-order valence-electron chi connectivity index (χ1n) is 7.12. The van der Waals surface area contributed by atoms with E-state index in [1.807, 2.05) is 62.4 Å². The van der Waals surface area contributed by atoms with Crippen LogP contribution in [0.2, 0.25) is 0 Å². The first-order valence-corrected chi connectivity index (χ1v) is 7.56. The molecule has 2 aromatic carbocycles. The SMILES string of the molecule is COc1ccccc1CC(Cl)c1cccc(OC(C)C)c1. The maximum Gasteiger partial charge on any atom is 0.122 e. The first kappa shape index (κ1) is 15.7. The zero-order valence-corrected chi connectivity index (χ0v) is 13.4. The van der Waals surface area contributed by atoms with Crippen molar-refractivity contribution in [2.24, 2.45) is 0 Å². The smallest absolute Gasteiger partial charge is 0.122 e. The molecule has 112 valence electrons. The normalized spacial score (nSPS) is 12.2. The number of benzene rings is 2. The van der Waals surface area contributed by atoms with Gasteiger partial charge in [-0.2, -0.15) is 0 Å². The van der Waals surface area contributed by atoms with E-state index in [0.29, 0.717) is 0 Å². The number of para-hydroxylation sites is 1. The van der Waals surface area contributed by atoms with Crippen molar-refractivity contribution < 1.29 is 9.47 Å². The van der Waals surface area contributed by atoms with Crippen molar-refractivity contribution in [1.82, 2.24) is 0 Å². The molecule has 0 heterocycles. The molecule has 21 heavy (non-hydrogen) atoms. The van der Waals surface area contributed by atoms with Crippen molar-refractivity contribution >= 4 is 11.6 Å². The number of hydrogen-bond donors (Lipinski definition) is 0. The van der Waals surface area contributed by atoms with Gasteiger partial charge in [0.05, 0.1) is 18.6 Å². The predicted molar refractivity (Wildman–Crippen MR) is 87.5 cm³/mol. The molecule has 2 rings (SSSR count). The molecule has 0 saturated carbocycles. The van der Waals surface area contributed by atoms with E-state index in [-0.39, 0.29) is 11.5 Å². The Morgan fingerprint density at radius 1 is 1.05 bits per heavy atom. The van der Waals surface area contributed by atoms with E-state index in [2.05, 4.69) is 0 Å². The summed E-state index contributed by atoms with van der Waals surface area (Å²) < 4.78 is 11.1. The summed E-state index contributed by atoms with van der Waals surface area (Å²) in [6.45, 7) is 4.03. The fraction of sp³-hybridized carbons (Fsp3) is 0.333. The second-order valence-corrected chi connectivity index (χ2v) is 5.75. The lowest BCUT2D eigenvalue weighted by Gasteiger charge is -2.15. The molecule has 0 aliphatic heterocycles. The third kappa shape index (κ3) is 4.40. The van der Waals surface area contributed by atoms with Crippen molar-refractivity contribution in [3.63, 3.8) is 0 Å². The van der Waals surface area contributed by atoms with E-state index >= 15 is 0 Å². The zero-order chi connectivity index (χ0) is 15.2. The van der Waals surface area contributed by atoms with Crippen LogP contribution >= 0.6 is 11.6 Å². The number of halogens is 1. The third-order valence-electron chi connectivity index (χ3n) is 3.18. The molecular formula is C18H21ClO2. The maximum absolute atomic E-state index is 6.57. The van der Waals surface area contributed by atoms with E-state index in [4.69, 9.17) is 21.1 Å². The van der Waals surface area contributed by atoms with Gasteiger partial charge in [-0.05, 0) is 49.6 Å². The minimum Gasteiger partial charge on any atom is -0.496 e. The Morgan fingerprint density at radius 2 is 1.81 bits per heavy atom. The van der Waals surface area contributed by atoms with E-state index in [1.165, 1.54) is 0 Å². The number of hydrogen-bond acceptors (Lipinski definition) is 2. The monoisotopic (exact) mass is 304 g/mol. The number of ether oxygens (including phenoxy) is 2. The molecule has 1 atom stereocenters. The van der Waals surface area contributed by atoms with E-state index in [1.54, 1.807) is 7.11 Å². The van der Waals surface area contributed by atoms with Crippen molar-refractivity contribution in [1.29, 1.82) is 0 Å². The molecule has 2 aromatic rings. The molecule has 0 aromatic heterocycles. The van der Waals surface area contributed by atoms with Gasteiger partial charge in [-0.1, -0.05) is 30.3 Å². The number of methoxy groups -OCH3 is 1. The molecule has 0 aliphatic carbocycles. The molecule has 0 bridgehead atoms.